The second-order valence-corrected chi connectivity index (χ2v) is 14.0. The minimum atomic E-state index is -0.674. The van der Waals surface area contributed by atoms with Crippen molar-refractivity contribution in [1.82, 2.24) is 0 Å². The lowest BCUT2D eigenvalue weighted by molar-refractivity contribution is 0.0717. The van der Waals surface area contributed by atoms with E-state index in [4.69, 9.17) is 37.9 Å². The first kappa shape index (κ1) is 45.4. The Bertz CT molecular complexity index is 2620. The molecule has 0 atom stereocenters. The Hall–Kier alpha value is -8.13. The fourth-order valence-electron chi connectivity index (χ4n) is 5.98. The summed E-state index contributed by atoms with van der Waals surface area (Å²) < 4.78 is 44.1. The van der Waals surface area contributed by atoms with Crippen LogP contribution in [0.15, 0.2) is 127 Å². The number of anilines is 1. The maximum Gasteiger partial charge on any atom is 0.347 e. The lowest BCUT2D eigenvalue weighted by Gasteiger charge is -2.12. The van der Waals surface area contributed by atoms with E-state index in [-0.39, 0.29) is 45.3 Å². The van der Waals surface area contributed by atoms with Crippen LogP contribution in [-0.4, -0.2) is 57.2 Å². The SMILES string of the molecule is CCCOc1ccc(C(=O)Nc2ccc(C(=O)Oc3ccc(OC(=O)c4ccc(OC(=O)c5ccc(OC(=O)c6ccc(OCCC)cc6OC)cc5)cc4)cc3C)cc2)c(OC)c1. The average molecular weight is 868 g/mol. The van der Waals surface area contributed by atoms with Gasteiger partial charge in [0.05, 0.1) is 49.7 Å². The Morgan fingerprint density at radius 3 is 1.36 bits per heavy atom. The van der Waals surface area contributed by atoms with Gasteiger partial charge in [0.25, 0.3) is 5.91 Å². The van der Waals surface area contributed by atoms with Crippen LogP contribution in [0, 0.1) is 6.92 Å². The highest BCUT2D eigenvalue weighted by Crippen LogP contribution is 2.29. The van der Waals surface area contributed by atoms with Gasteiger partial charge in [-0.15, -0.1) is 0 Å². The van der Waals surface area contributed by atoms with Gasteiger partial charge in [-0.25, -0.2) is 19.2 Å². The topological polar surface area (TPSA) is 171 Å². The molecule has 0 aromatic heterocycles. The molecule has 0 saturated heterocycles. The zero-order valence-corrected chi connectivity index (χ0v) is 35.8. The molecule has 328 valence electrons. The van der Waals surface area contributed by atoms with Gasteiger partial charge in [-0.3, -0.25) is 4.79 Å². The van der Waals surface area contributed by atoms with Crippen molar-refractivity contribution in [3.8, 4) is 46.0 Å². The molecule has 0 aliphatic heterocycles. The van der Waals surface area contributed by atoms with Gasteiger partial charge in [0.1, 0.15) is 51.6 Å². The Labute approximate surface area is 369 Å². The summed E-state index contributed by atoms with van der Waals surface area (Å²) in [5, 5.41) is 2.80. The van der Waals surface area contributed by atoms with Gasteiger partial charge in [0.2, 0.25) is 0 Å². The van der Waals surface area contributed by atoms with Crippen LogP contribution in [0.2, 0.25) is 0 Å². The predicted molar refractivity (Wildman–Crippen MR) is 236 cm³/mol. The van der Waals surface area contributed by atoms with Gasteiger partial charge in [0.15, 0.2) is 0 Å². The number of ether oxygens (including phenoxy) is 8. The number of rotatable bonds is 18. The van der Waals surface area contributed by atoms with Gasteiger partial charge in [-0.05, 0) is 141 Å². The number of esters is 4. The molecule has 64 heavy (non-hydrogen) atoms. The quantitative estimate of drug-likeness (QED) is 0.0640. The van der Waals surface area contributed by atoms with Crippen molar-refractivity contribution in [2.45, 2.75) is 33.6 Å². The van der Waals surface area contributed by atoms with Crippen molar-refractivity contribution in [2.24, 2.45) is 0 Å². The van der Waals surface area contributed by atoms with Gasteiger partial charge >= 0.3 is 23.9 Å². The summed E-state index contributed by atoms with van der Waals surface area (Å²) in [4.78, 5) is 64.7. The highest BCUT2D eigenvalue weighted by Gasteiger charge is 2.19. The number of hydrogen-bond donors (Lipinski definition) is 1. The maximum atomic E-state index is 13.0. The van der Waals surface area contributed by atoms with Crippen LogP contribution in [0.25, 0.3) is 0 Å². The van der Waals surface area contributed by atoms with Crippen molar-refractivity contribution in [3.63, 3.8) is 0 Å². The van der Waals surface area contributed by atoms with Crippen molar-refractivity contribution >= 4 is 35.5 Å². The molecule has 0 radical (unpaired) electrons. The summed E-state index contributed by atoms with van der Waals surface area (Å²) in [6.07, 6.45) is 1.67. The van der Waals surface area contributed by atoms with E-state index in [1.807, 2.05) is 13.8 Å². The van der Waals surface area contributed by atoms with E-state index < -0.39 is 29.8 Å². The summed E-state index contributed by atoms with van der Waals surface area (Å²) >= 11 is 0. The van der Waals surface area contributed by atoms with E-state index >= 15 is 0 Å². The molecule has 6 aromatic carbocycles. The summed E-state index contributed by atoms with van der Waals surface area (Å²) in [5.74, 6) is -0.359. The monoisotopic (exact) mass is 867 g/mol. The first-order valence-corrected chi connectivity index (χ1v) is 20.2. The molecule has 1 N–H and O–H groups in total. The molecule has 0 saturated carbocycles. The molecule has 0 heterocycles. The molecular formula is C50H45NO13. The van der Waals surface area contributed by atoms with Gasteiger partial charge < -0.3 is 43.2 Å². The van der Waals surface area contributed by atoms with Crippen molar-refractivity contribution in [3.05, 3.63) is 161 Å². The zero-order valence-electron chi connectivity index (χ0n) is 35.8. The Morgan fingerprint density at radius 2 is 0.859 bits per heavy atom. The molecule has 6 rings (SSSR count). The van der Waals surface area contributed by atoms with Crippen molar-refractivity contribution in [1.29, 1.82) is 0 Å². The van der Waals surface area contributed by atoms with Crippen LogP contribution in [0.5, 0.6) is 46.0 Å². The van der Waals surface area contributed by atoms with E-state index in [0.717, 1.165) is 12.8 Å². The minimum Gasteiger partial charge on any atom is -0.496 e. The molecule has 14 nitrogen and oxygen atoms in total. The molecule has 0 bridgehead atoms. The van der Waals surface area contributed by atoms with Gasteiger partial charge in [-0.1, -0.05) is 13.8 Å². The van der Waals surface area contributed by atoms with Crippen LogP contribution < -0.4 is 43.2 Å². The zero-order chi connectivity index (χ0) is 45.6. The number of benzene rings is 6. The van der Waals surface area contributed by atoms with Crippen LogP contribution in [0.3, 0.4) is 0 Å². The summed E-state index contributed by atoms with van der Waals surface area (Å²) in [7, 11) is 2.92. The molecule has 1 amide bonds. The Kier molecular flexibility index (Phi) is 15.3. The third kappa shape index (κ3) is 11.8. The second kappa shape index (κ2) is 21.6. The van der Waals surface area contributed by atoms with E-state index in [1.54, 1.807) is 61.5 Å². The first-order valence-electron chi connectivity index (χ1n) is 20.2. The van der Waals surface area contributed by atoms with Gasteiger partial charge in [0, 0.05) is 17.8 Å². The van der Waals surface area contributed by atoms with Crippen LogP contribution in [-0.2, 0) is 0 Å². The Morgan fingerprint density at radius 1 is 0.438 bits per heavy atom. The Balaban J connectivity index is 0.976. The number of carbonyl (C=O) groups is 5. The molecule has 0 unspecified atom stereocenters. The minimum absolute atomic E-state index is 0.178. The van der Waals surface area contributed by atoms with E-state index in [1.165, 1.54) is 87.0 Å². The fraction of sp³-hybridized carbons (Fsp3) is 0.180. The van der Waals surface area contributed by atoms with E-state index in [0.29, 0.717) is 53.0 Å². The number of hydrogen-bond acceptors (Lipinski definition) is 13. The van der Waals surface area contributed by atoms with E-state index in [9.17, 15) is 24.0 Å². The fourth-order valence-corrected chi connectivity index (χ4v) is 5.98. The highest BCUT2D eigenvalue weighted by atomic mass is 16.6. The summed E-state index contributed by atoms with van der Waals surface area (Å²) in [5.41, 5.74) is 2.13. The lowest BCUT2D eigenvalue weighted by atomic mass is 10.1. The summed E-state index contributed by atoms with van der Waals surface area (Å²) in [6.45, 7) is 6.75. The van der Waals surface area contributed by atoms with Crippen LogP contribution in [0.4, 0.5) is 5.69 Å². The number of amides is 1. The molecule has 0 aliphatic rings. The second-order valence-electron chi connectivity index (χ2n) is 14.0. The largest absolute Gasteiger partial charge is 0.496 e. The smallest absolute Gasteiger partial charge is 0.347 e. The van der Waals surface area contributed by atoms with Crippen LogP contribution >= 0.6 is 0 Å². The third-order valence-corrected chi connectivity index (χ3v) is 9.30. The predicted octanol–water partition coefficient (Wildman–Crippen LogP) is 9.72. The van der Waals surface area contributed by atoms with Crippen molar-refractivity contribution < 1.29 is 61.9 Å². The standard InChI is InChI=1S/C50H45NO13/c1-6-26-59-38-20-23-41(44(29-38)57-4)46(52)51-35-14-8-32(9-15-35)49(55)64-43-25-22-40(28-31(43)3)63-48(54)34-10-16-36(17-11-34)61-47(53)33-12-18-37(19-13-33)62-50(56)42-24-21-39(60-27-7-2)30-45(42)58-5/h8-25,28-30H,6-7,26-27H2,1-5H3,(H,51,52). The first-order chi connectivity index (χ1) is 31.0. The average Bonchev–Trinajstić information content (AvgIpc) is 3.31. The van der Waals surface area contributed by atoms with E-state index in [2.05, 4.69) is 5.32 Å². The molecular weight excluding hydrogens is 823 g/mol. The number of methoxy groups -OCH3 is 2. The molecule has 0 fully saturated rings. The highest BCUT2D eigenvalue weighted by molar-refractivity contribution is 6.06. The number of carbonyl (C=O) groups excluding carboxylic acids is 5. The normalized spacial score (nSPS) is 10.5. The molecule has 0 aliphatic carbocycles. The maximum absolute atomic E-state index is 13.0. The van der Waals surface area contributed by atoms with Crippen molar-refractivity contribution in [2.75, 3.05) is 32.8 Å². The lowest BCUT2D eigenvalue weighted by Crippen LogP contribution is -2.14. The molecule has 0 spiro atoms. The molecule has 6 aromatic rings. The number of nitrogens with one attached hydrogen (secondary N) is 1. The van der Waals surface area contributed by atoms with Crippen LogP contribution in [0.1, 0.15) is 84.0 Å². The number of aryl methyl sites for hydroxylation is 1. The van der Waals surface area contributed by atoms with Gasteiger partial charge in [-0.2, -0.15) is 0 Å². The summed E-state index contributed by atoms with van der Waals surface area (Å²) in [6, 6.07) is 32.2. The third-order valence-electron chi connectivity index (χ3n) is 9.30. The molecule has 14 heteroatoms.